The van der Waals surface area contributed by atoms with Crippen LogP contribution in [0.5, 0.6) is 5.75 Å². The number of nitrogens with one attached hydrogen (secondary N) is 1. The molecule has 0 bridgehead atoms. The average molecular weight is 794 g/mol. The van der Waals surface area contributed by atoms with E-state index in [4.69, 9.17) is 9.47 Å². The van der Waals surface area contributed by atoms with Crippen LogP contribution in [-0.2, 0) is 34.5 Å². The highest BCUT2D eigenvalue weighted by atomic mass is 127. The third-order valence-electron chi connectivity index (χ3n) is 7.22. The molecule has 250 valence electrons. The highest BCUT2D eigenvalue weighted by molar-refractivity contribution is 14.1. The van der Waals surface area contributed by atoms with Crippen molar-refractivity contribution in [2.75, 3.05) is 36.6 Å². The summed E-state index contributed by atoms with van der Waals surface area (Å²) in [5.74, 6) is -0.879. The molecule has 0 spiro atoms. The minimum absolute atomic E-state index is 0.0554. The van der Waals surface area contributed by atoms with Gasteiger partial charge in [-0.2, -0.15) is 18.3 Å². The molecule has 2 aromatic carbocycles. The molecule has 0 amide bonds. The maximum atomic E-state index is 15.0. The predicted octanol–water partition coefficient (Wildman–Crippen LogP) is 7.28. The summed E-state index contributed by atoms with van der Waals surface area (Å²) in [7, 11) is -2.30. The fourth-order valence-electron chi connectivity index (χ4n) is 4.72. The lowest BCUT2D eigenvalue weighted by Gasteiger charge is -2.21. The van der Waals surface area contributed by atoms with Gasteiger partial charge in [0.05, 0.1) is 42.1 Å². The molecule has 16 heteroatoms. The van der Waals surface area contributed by atoms with Crippen molar-refractivity contribution < 1.29 is 35.5 Å². The Bertz CT molecular complexity index is 1830. The van der Waals surface area contributed by atoms with Gasteiger partial charge in [0.15, 0.2) is 11.6 Å². The predicted molar refractivity (Wildman–Crippen MR) is 183 cm³/mol. The van der Waals surface area contributed by atoms with E-state index in [2.05, 4.69) is 57.6 Å². The van der Waals surface area contributed by atoms with Crippen LogP contribution in [-0.4, -0.2) is 64.5 Å². The molecule has 0 radical (unpaired) electrons. The molecule has 0 aliphatic rings. The van der Waals surface area contributed by atoms with Crippen molar-refractivity contribution in [3.63, 3.8) is 0 Å². The number of para-hydroxylation sites is 1. The number of hydrogen-bond acceptors (Lipinski definition) is 7. The highest BCUT2D eigenvalue weighted by Crippen LogP contribution is 2.37. The first-order valence-corrected chi connectivity index (χ1v) is 20.9. The smallest absolute Gasteiger partial charge is 0.393 e. The number of methoxy groups -OCH3 is 1. The SMILES string of the molecule is COc1cc(CC(F)(F)F)c(-c2cc3c(c(I)nn3COCC[Si](C)(C)C)c(NCc3ccccc3N(C)S(C)(=O)=O)n2)cc1F. The van der Waals surface area contributed by atoms with Crippen LogP contribution in [0.1, 0.15) is 11.1 Å². The summed E-state index contributed by atoms with van der Waals surface area (Å²) >= 11 is 2.05. The zero-order chi connectivity index (χ0) is 34.0. The number of nitrogens with zero attached hydrogens (tertiary/aromatic N) is 4. The van der Waals surface area contributed by atoms with Crippen LogP contribution >= 0.6 is 22.6 Å². The molecule has 0 saturated heterocycles. The van der Waals surface area contributed by atoms with Gasteiger partial charge in [-0.3, -0.25) is 4.31 Å². The summed E-state index contributed by atoms with van der Waals surface area (Å²) in [6.07, 6.45) is -4.82. The number of alkyl halides is 3. The van der Waals surface area contributed by atoms with Crippen molar-refractivity contribution in [1.82, 2.24) is 14.8 Å². The first-order chi connectivity index (χ1) is 21.4. The lowest BCUT2D eigenvalue weighted by Crippen LogP contribution is -2.26. The third-order valence-corrected chi connectivity index (χ3v) is 10.9. The van der Waals surface area contributed by atoms with Crippen LogP contribution in [0.2, 0.25) is 25.7 Å². The second-order valence-corrected chi connectivity index (χ2v) is 20.7. The third kappa shape index (κ3) is 8.89. The van der Waals surface area contributed by atoms with Gasteiger partial charge < -0.3 is 14.8 Å². The second-order valence-electron chi connectivity index (χ2n) is 12.0. The monoisotopic (exact) mass is 793 g/mol. The van der Waals surface area contributed by atoms with Crippen molar-refractivity contribution in [2.45, 2.75) is 51.6 Å². The quantitative estimate of drug-likeness (QED) is 0.0658. The van der Waals surface area contributed by atoms with E-state index in [9.17, 15) is 26.0 Å². The van der Waals surface area contributed by atoms with Gasteiger partial charge >= 0.3 is 6.18 Å². The molecule has 0 atom stereocenters. The molecular weight excluding hydrogens is 757 g/mol. The Morgan fingerprint density at radius 2 is 1.80 bits per heavy atom. The summed E-state index contributed by atoms with van der Waals surface area (Å²) in [6.45, 7) is 7.41. The number of rotatable bonds is 13. The van der Waals surface area contributed by atoms with Gasteiger partial charge in [0.25, 0.3) is 0 Å². The molecule has 2 aromatic heterocycles. The van der Waals surface area contributed by atoms with E-state index in [1.54, 1.807) is 35.0 Å². The molecule has 46 heavy (non-hydrogen) atoms. The Balaban J connectivity index is 1.86. The zero-order valence-electron chi connectivity index (χ0n) is 26.3. The first-order valence-electron chi connectivity index (χ1n) is 14.2. The minimum atomic E-state index is -4.58. The number of sulfonamides is 1. The van der Waals surface area contributed by atoms with Gasteiger partial charge in [0, 0.05) is 33.8 Å². The molecule has 4 rings (SSSR count). The number of benzene rings is 2. The highest BCUT2D eigenvalue weighted by Gasteiger charge is 2.31. The van der Waals surface area contributed by atoms with Crippen molar-refractivity contribution in [3.8, 4) is 17.0 Å². The van der Waals surface area contributed by atoms with E-state index in [1.165, 1.54) is 14.2 Å². The molecule has 0 aliphatic carbocycles. The van der Waals surface area contributed by atoms with E-state index in [0.717, 1.165) is 28.7 Å². The van der Waals surface area contributed by atoms with Crippen LogP contribution in [0.15, 0.2) is 42.5 Å². The minimum Gasteiger partial charge on any atom is -0.494 e. The first kappa shape index (κ1) is 35.9. The van der Waals surface area contributed by atoms with E-state index in [1.807, 2.05) is 0 Å². The second kappa shape index (κ2) is 14.0. The molecule has 0 fully saturated rings. The maximum absolute atomic E-state index is 15.0. The Kier molecular flexibility index (Phi) is 10.9. The van der Waals surface area contributed by atoms with Gasteiger partial charge in [0.1, 0.15) is 16.2 Å². The van der Waals surface area contributed by atoms with Crippen LogP contribution < -0.4 is 14.4 Å². The normalized spacial score (nSPS) is 12.5. The van der Waals surface area contributed by atoms with Gasteiger partial charge in [-0.25, -0.2) is 22.5 Å². The van der Waals surface area contributed by atoms with Gasteiger partial charge in [-0.05, 0) is 64.0 Å². The molecule has 0 unspecified atom stereocenters. The number of hydrogen-bond donors (Lipinski definition) is 1. The van der Waals surface area contributed by atoms with Crippen molar-refractivity contribution >= 4 is 63.1 Å². The fraction of sp³-hybridized carbons (Fsp3) is 0.400. The largest absolute Gasteiger partial charge is 0.494 e. The molecule has 0 saturated carbocycles. The number of fused-ring (bicyclic) bond motifs is 1. The number of aromatic nitrogens is 3. The number of halogens is 5. The van der Waals surface area contributed by atoms with Crippen molar-refractivity contribution in [2.24, 2.45) is 0 Å². The topological polar surface area (TPSA) is 98.6 Å². The molecule has 4 aromatic rings. The Hall–Kier alpha value is -2.96. The van der Waals surface area contributed by atoms with Gasteiger partial charge in [0.2, 0.25) is 10.0 Å². The molecule has 1 N–H and O–H groups in total. The van der Waals surface area contributed by atoms with E-state index in [0.29, 0.717) is 32.5 Å². The summed E-state index contributed by atoms with van der Waals surface area (Å²) in [4.78, 5) is 4.69. The fourth-order valence-corrected chi connectivity index (χ4v) is 6.80. The summed E-state index contributed by atoms with van der Waals surface area (Å²) in [5.41, 5.74) is 1.39. The van der Waals surface area contributed by atoms with E-state index < -0.39 is 36.5 Å². The van der Waals surface area contributed by atoms with E-state index in [-0.39, 0.29) is 41.7 Å². The Morgan fingerprint density at radius 1 is 1.11 bits per heavy atom. The summed E-state index contributed by atoms with van der Waals surface area (Å²) in [6, 6.07) is 11.4. The molecule has 0 aliphatic heterocycles. The Morgan fingerprint density at radius 3 is 2.43 bits per heavy atom. The van der Waals surface area contributed by atoms with Crippen LogP contribution in [0, 0.1) is 9.52 Å². The van der Waals surface area contributed by atoms with Crippen molar-refractivity contribution in [3.05, 3.63) is 63.1 Å². The number of ether oxygens (including phenoxy) is 2. The molecular formula is C30H36F4IN5O4SSi. The standard InChI is InChI=1S/C30H36F4IN5O4SSi/c1-39(45(3,41)42)24-10-8-7-9-19(24)17-36-29-27-25(40(38-28(27)35)18-44-11-12-46(4,5)6)15-23(37-29)21-14-22(31)26(43-2)13-20(21)16-30(32,33)34/h7-10,13-15H,11-12,16-18H2,1-6H3,(H,36,37). The van der Waals surface area contributed by atoms with Gasteiger partial charge in [-0.15, -0.1) is 0 Å². The molecule has 9 nitrogen and oxygen atoms in total. The summed E-state index contributed by atoms with van der Waals surface area (Å²) in [5, 5.41) is 8.45. The average Bonchev–Trinajstić information content (AvgIpc) is 3.27. The maximum Gasteiger partial charge on any atom is 0.393 e. The number of pyridine rings is 1. The van der Waals surface area contributed by atoms with E-state index >= 15 is 0 Å². The molecule has 2 heterocycles. The van der Waals surface area contributed by atoms with Crippen LogP contribution in [0.3, 0.4) is 0 Å². The lowest BCUT2D eigenvalue weighted by molar-refractivity contribution is -0.127. The number of anilines is 2. The summed E-state index contributed by atoms with van der Waals surface area (Å²) < 4.78 is 94.9. The van der Waals surface area contributed by atoms with Gasteiger partial charge in [-0.1, -0.05) is 37.8 Å². The Labute approximate surface area is 280 Å². The van der Waals surface area contributed by atoms with Crippen molar-refractivity contribution in [1.29, 1.82) is 0 Å². The van der Waals surface area contributed by atoms with Crippen LogP contribution in [0.4, 0.5) is 29.1 Å². The lowest BCUT2D eigenvalue weighted by atomic mass is 9.99. The zero-order valence-corrected chi connectivity index (χ0v) is 30.3. The van der Waals surface area contributed by atoms with Crippen LogP contribution in [0.25, 0.3) is 22.2 Å².